The van der Waals surface area contributed by atoms with E-state index < -0.39 is 12.8 Å². The van der Waals surface area contributed by atoms with E-state index in [1.807, 2.05) is 0 Å². The van der Waals surface area contributed by atoms with Crippen LogP contribution in [0.5, 0.6) is 0 Å². The van der Waals surface area contributed by atoms with Crippen molar-refractivity contribution in [2.24, 2.45) is 11.8 Å². The van der Waals surface area contributed by atoms with Crippen molar-refractivity contribution in [1.29, 1.82) is 0 Å². The van der Waals surface area contributed by atoms with Gasteiger partial charge in [-0.25, -0.2) is 0 Å². The van der Waals surface area contributed by atoms with Crippen molar-refractivity contribution in [1.82, 2.24) is 5.32 Å². The van der Waals surface area contributed by atoms with Crippen LogP contribution in [0.25, 0.3) is 0 Å². The minimum atomic E-state index is -4.21. The second-order valence-electron chi connectivity index (χ2n) is 5.94. The Balaban J connectivity index is 1.57. The largest absolute Gasteiger partial charge is 0.411 e. The second-order valence-corrected chi connectivity index (χ2v) is 5.94. The van der Waals surface area contributed by atoms with Crippen molar-refractivity contribution in [3.05, 3.63) is 0 Å². The lowest BCUT2D eigenvalue weighted by molar-refractivity contribution is -0.173. The molecule has 1 N–H and O–H groups in total. The predicted octanol–water partition coefficient (Wildman–Crippen LogP) is 3.51. The van der Waals surface area contributed by atoms with Crippen LogP contribution in [0.4, 0.5) is 13.2 Å². The van der Waals surface area contributed by atoms with Crippen LogP contribution in [0, 0.1) is 11.8 Å². The van der Waals surface area contributed by atoms with Crippen LogP contribution in [0.3, 0.4) is 0 Å². The van der Waals surface area contributed by atoms with E-state index in [4.69, 9.17) is 0 Å². The van der Waals surface area contributed by atoms with E-state index in [-0.39, 0.29) is 6.61 Å². The van der Waals surface area contributed by atoms with E-state index in [2.05, 4.69) is 10.1 Å². The van der Waals surface area contributed by atoms with E-state index in [1.54, 1.807) is 0 Å². The molecule has 0 aromatic rings. The molecule has 0 amide bonds. The van der Waals surface area contributed by atoms with E-state index in [0.29, 0.717) is 12.6 Å². The normalized spacial score (nSPS) is 32.1. The fourth-order valence-electron chi connectivity index (χ4n) is 3.58. The number of fused-ring (bicyclic) bond motifs is 1. The van der Waals surface area contributed by atoms with Crippen LogP contribution >= 0.6 is 0 Å². The highest BCUT2D eigenvalue weighted by Crippen LogP contribution is 2.40. The Morgan fingerprint density at radius 3 is 2.47 bits per heavy atom. The average Bonchev–Trinajstić information content (AvgIpc) is 2.37. The number of alkyl halides is 3. The highest BCUT2D eigenvalue weighted by molar-refractivity contribution is 4.86. The average molecular weight is 279 g/mol. The summed E-state index contributed by atoms with van der Waals surface area (Å²) in [5.41, 5.74) is 0. The van der Waals surface area contributed by atoms with Crippen LogP contribution < -0.4 is 5.32 Å². The van der Waals surface area contributed by atoms with Gasteiger partial charge in [0.15, 0.2) is 0 Å². The van der Waals surface area contributed by atoms with Crippen molar-refractivity contribution >= 4 is 0 Å². The van der Waals surface area contributed by atoms with Gasteiger partial charge >= 0.3 is 6.18 Å². The summed E-state index contributed by atoms with van der Waals surface area (Å²) in [6, 6.07) is 0.480. The maximum absolute atomic E-state index is 11.9. The Morgan fingerprint density at radius 2 is 1.74 bits per heavy atom. The Bertz CT molecular complexity index is 270. The van der Waals surface area contributed by atoms with Gasteiger partial charge in [-0.3, -0.25) is 0 Å². The third kappa shape index (κ3) is 5.30. The molecule has 2 aliphatic carbocycles. The molecule has 0 spiro atoms. The maximum atomic E-state index is 11.9. The summed E-state index contributed by atoms with van der Waals surface area (Å²) in [5, 5.41) is 3.35. The van der Waals surface area contributed by atoms with E-state index in [0.717, 1.165) is 11.8 Å². The summed E-state index contributed by atoms with van der Waals surface area (Å²) < 4.78 is 40.2. The minimum absolute atomic E-state index is 0.143. The van der Waals surface area contributed by atoms with E-state index in [9.17, 15) is 13.2 Å². The highest BCUT2D eigenvalue weighted by atomic mass is 19.4. The summed E-state index contributed by atoms with van der Waals surface area (Å²) in [7, 11) is 0. The Kier molecular flexibility index (Phi) is 5.51. The molecule has 0 radical (unpaired) electrons. The molecule has 0 aromatic carbocycles. The zero-order valence-electron chi connectivity index (χ0n) is 11.3. The quantitative estimate of drug-likeness (QED) is 0.778. The maximum Gasteiger partial charge on any atom is 0.411 e. The van der Waals surface area contributed by atoms with Crippen molar-refractivity contribution in [2.75, 3.05) is 19.8 Å². The van der Waals surface area contributed by atoms with Crippen LogP contribution in [0.2, 0.25) is 0 Å². The topological polar surface area (TPSA) is 21.3 Å². The summed E-state index contributed by atoms with van der Waals surface area (Å²) in [5.74, 6) is 1.75. The fraction of sp³-hybridized carbons (Fsp3) is 1.00. The number of hydrogen-bond acceptors (Lipinski definition) is 2. The van der Waals surface area contributed by atoms with Gasteiger partial charge < -0.3 is 10.1 Å². The minimum Gasteiger partial charge on any atom is -0.371 e. The first kappa shape index (κ1) is 15.1. The standard InChI is InChI=1S/C14H24F3NO/c15-14(16,17)10-19-8-7-18-13-6-5-11-3-1-2-4-12(11)9-13/h11-13,18H,1-10H2. The fourth-order valence-corrected chi connectivity index (χ4v) is 3.58. The van der Waals surface area contributed by atoms with Crippen LogP contribution in [-0.2, 0) is 4.74 Å². The lowest BCUT2D eigenvalue weighted by atomic mass is 9.69. The van der Waals surface area contributed by atoms with Gasteiger partial charge in [0.2, 0.25) is 0 Å². The van der Waals surface area contributed by atoms with Gasteiger partial charge in [-0.2, -0.15) is 13.2 Å². The number of hydrogen-bond donors (Lipinski definition) is 1. The van der Waals surface area contributed by atoms with Gasteiger partial charge in [0.05, 0.1) is 6.61 Å². The van der Waals surface area contributed by atoms with Crippen molar-refractivity contribution in [3.63, 3.8) is 0 Å². The third-order valence-corrected chi connectivity index (χ3v) is 4.48. The second kappa shape index (κ2) is 6.93. The van der Waals surface area contributed by atoms with Gasteiger partial charge in [0.25, 0.3) is 0 Å². The SMILES string of the molecule is FC(F)(F)COCCNC1CCC2CCCCC2C1. The Morgan fingerprint density at radius 1 is 1.00 bits per heavy atom. The summed E-state index contributed by atoms with van der Waals surface area (Å²) in [6.07, 6.45) is 4.89. The summed E-state index contributed by atoms with van der Waals surface area (Å²) >= 11 is 0. The molecule has 112 valence electrons. The monoisotopic (exact) mass is 279 g/mol. The molecule has 19 heavy (non-hydrogen) atoms. The lowest BCUT2D eigenvalue weighted by Gasteiger charge is -2.39. The first-order chi connectivity index (χ1) is 9.04. The molecule has 3 unspecified atom stereocenters. The van der Waals surface area contributed by atoms with E-state index in [1.165, 1.54) is 44.9 Å². The number of rotatable bonds is 5. The molecule has 0 aromatic heterocycles. The molecular weight excluding hydrogens is 255 g/mol. The van der Waals surface area contributed by atoms with Crippen molar-refractivity contribution < 1.29 is 17.9 Å². The van der Waals surface area contributed by atoms with Gasteiger partial charge in [-0.05, 0) is 31.1 Å². The predicted molar refractivity (Wildman–Crippen MR) is 68.0 cm³/mol. The molecule has 2 saturated carbocycles. The molecule has 0 bridgehead atoms. The van der Waals surface area contributed by atoms with Crippen LogP contribution in [-0.4, -0.2) is 32.0 Å². The molecule has 3 atom stereocenters. The van der Waals surface area contributed by atoms with E-state index >= 15 is 0 Å². The molecule has 0 heterocycles. The molecule has 2 nitrogen and oxygen atoms in total. The molecule has 0 aliphatic heterocycles. The molecule has 2 aliphatic rings. The number of ether oxygens (including phenoxy) is 1. The zero-order valence-corrected chi connectivity index (χ0v) is 11.3. The highest BCUT2D eigenvalue weighted by Gasteiger charge is 2.32. The number of halogens is 3. The molecule has 5 heteroatoms. The first-order valence-electron chi connectivity index (χ1n) is 7.42. The van der Waals surface area contributed by atoms with Crippen LogP contribution in [0.1, 0.15) is 44.9 Å². The van der Waals surface area contributed by atoms with Gasteiger partial charge in [-0.15, -0.1) is 0 Å². The lowest BCUT2D eigenvalue weighted by Crippen LogP contribution is -2.40. The summed E-state index contributed by atoms with van der Waals surface area (Å²) in [6.45, 7) is -0.466. The van der Waals surface area contributed by atoms with Crippen molar-refractivity contribution in [2.45, 2.75) is 57.2 Å². The Hall–Kier alpha value is -0.290. The van der Waals surface area contributed by atoms with Gasteiger partial charge in [0, 0.05) is 12.6 Å². The molecular formula is C14H24F3NO. The van der Waals surface area contributed by atoms with Gasteiger partial charge in [-0.1, -0.05) is 25.7 Å². The van der Waals surface area contributed by atoms with Crippen LogP contribution in [0.15, 0.2) is 0 Å². The molecule has 0 saturated heterocycles. The van der Waals surface area contributed by atoms with Crippen molar-refractivity contribution in [3.8, 4) is 0 Å². The summed E-state index contributed by atoms with van der Waals surface area (Å²) in [4.78, 5) is 0. The number of nitrogens with one attached hydrogen (secondary N) is 1. The smallest absolute Gasteiger partial charge is 0.371 e. The first-order valence-corrected chi connectivity index (χ1v) is 7.42. The molecule has 2 fully saturated rings. The third-order valence-electron chi connectivity index (χ3n) is 4.48. The van der Waals surface area contributed by atoms with Gasteiger partial charge in [0.1, 0.15) is 6.61 Å². The Labute approximate surface area is 113 Å². The zero-order chi connectivity index (χ0) is 13.7. The molecule has 2 rings (SSSR count).